The van der Waals surface area contributed by atoms with Gasteiger partial charge in [-0.1, -0.05) is 41.9 Å². The molecule has 1 aromatic carbocycles. The monoisotopic (exact) mass is 290 g/mol. The number of hydrogen-bond acceptors (Lipinski definition) is 3. The largest absolute Gasteiger partial charge is 0.444 e. The van der Waals surface area contributed by atoms with Gasteiger partial charge in [0.05, 0.1) is 5.69 Å². The lowest BCUT2D eigenvalue weighted by molar-refractivity contribution is -0.0558. The van der Waals surface area contributed by atoms with Crippen LogP contribution in [-0.2, 0) is 0 Å². The third kappa shape index (κ3) is 3.08. The maximum absolute atomic E-state index is 12.2. The molecule has 2 nitrogen and oxygen atoms in total. The number of alkyl halides is 3. The van der Waals surface area contributed by atoms with Crippen LogP contribution in [0.5, 0.6) is 0 Å². The van der Waals surface area contributed by atoms with Crippen LogP contribution in [0.2, 0.25) is 0 Å². The summed E-state index contributed by atoms with van der Waals surface area (Å²) in [4.78, 5) is 7.22. The zero-order chi connectivity index (χ0) is 13.2. The summed E-state index contributed by atoms with van der Waals surface area (Å²) in [6.07, 6.45) is -4.64. The van der Waals surface area contributed by atoms with Crippen LogP contribution in [0.25, 0.3) is 11.3 Å². The van der Waals surface area contributed by atoms with E-state index in [1.54, 1.807) is 5.38 Å². The molecule has 94 valence electrons. The minimum absolute atomic E-state index is 0.0174. The zero-order valence-corrected chi connectivity index (χ0v) is 10.4. The summed E-state index contributed by atoms with van der Waals surface area (Å²) in [6, 6.07) is 9.11. The number of halogens is 4. The third-order valence-corrected chi connectivity index (χ3v) is 3.02. The Kier molecular flexibility index (Phi) is 3.68. The number of aliphatic imine (C=N–C) groups is 1. The second-order valence-corrected chi connectivity index (χ2v) is 4.48. The molecule has 0 bridgehead atoms. The SMILES string of the molecule is FC(F)(F)C(Cl)=Nc1nc(-c2ccccc2)cs1. The van der Waals surface area contributed by atoms with Crippen molar-refractivity contribution in [3.63, 3.8) is 0 Å². The first-order valence-electron chi connectivity index (χ1n) is 4.79. The first kappa shape index (κ1) is 13.0. The molecule has 0 amide bonds. The molecule has 2 aromatic rings. The van der Waals surface area contributed by atoms with Gasteiger partial charge in [-0.25, -0.2) is 9.98 Å². The summed E-state index contributed by atoms with van der Waals surface area (Å²) in [5, 5.41) is 0.196. The van der Waals surface area contributed by atoms with Gasteiger partial charge in [-0.15, -0.1) is 11.3 Å². The van der Waals surface area contributed by atoms with Crippen molar-refractivity contribution in [3.05, 3.63) is 35.7 Å². The summed E-state index contributed by atoms with van der Waals surface area (Å²) >= 11 is 6.04. The van der Waals surface area contributed by atoms with E-state index in [1.807, 2.05) is 30.3 Å². The molecule has 0 fully saturated rings. The Morgan fingerprint density at radius 3 is 2.50 bits per heavy atom. The molecule has 2 rings (SSSR count). The molecular formula is C11H6ClF3N2S. The molecule has 0 spiro atoms. The summed E-state index contributed by atoms with van der Waals surface area (Å²) in [5.41, 5.74) is 1.39. The second kappa shape index (κ2) is 5.07. The fourth-order valence-electron chi connectivity index (χ4n) is 1.20. The molecule has 0 saturated heterocycles. The molecule has 0 aliphatic rings. The van der Waals surface area contributed by atoms with E-state index in [1.165, 1.54) is 0 Å². The number of hydrogen-bond donors (Lipinski definition) is 0. The topological polar surface area (TPSA) is 25.2 Å². The van der Waals surface area contributed by atoms with Gasteiger partial charge in [0.25, 0.3) is 0 Å². The molecule has 0 aliphatic heterocycles. The Balaban J connectivity index is 2.27. The minimum Gasteiger partial charge on any atom is -0.218 e. The number of aromatic nitrogens is 1. The van der Waals surface area contributed by atoms with Crippen molar-refractivity contribution in [2.45, 2.75) is 6.18 Å². The molecule has 1 heterocycles. The van der Waals surface area contributed by atoms with Gasteiger partial charge in [-0.2, -0.15) is 13.2 Å². The molecule has 1 aromatic heterocycles. The van der Waals surface area contributed by atoms with E-state index in [2.05, 4.69) is 9.98 Å². The molecule has 0 aliphatic carbocycles. The van der Waals surface area contributed by atoms with Crippen molar-refractivity contribution in [3.8, 4) is 11.3 Å². The van der Waals surface area contributed by atoms with E-state index < -0.39 is 11.3 Å². The standard InChI is InChI=1S/C11H6ClF3N2S/c12-9(11(13,14)15)17-10-16-8(6-18-10)7-4-2-1-3-5-7/h1-6H. The van der Waals surface area contributed by atoms with Gasteiger partial charge >= 0.3 is 6.18 Å². The van der Waals surface area contributed by atoms with Gasteiger partial charge in [0.2, 0.25) is 10.3 Å². The van der Waals surface area contributed by atoms with E-state index in [9.17, 15) is 13.2 Å². The van der Waals surface area contributed by atoms with E-state index in [-0.39, 0.29) is 5.13 Å². The highest BCUT2D eigenvalue weighted by Crippen LogP contribution is 2.29. The van der Waals surface area contributed by atoms with Gasteiger partial charge in [0.1, 0.15) is 0 Å². The zero-order valence-electron chi connectivity index (χ0n) is 8.78. The predicted molar refractivity (Wildman–Crippen MR) is 66.6 cm³/mol. The van der Waals surface area contributed by atoms with Crippen LogP contribution in [0, 0.1) is 0 Å². The average Bonchev–Trinajstić information content (AvgIpc) is 2.77. The molecule has 0 atom stereocenters. The molecule has 0 radical (unpaired) electrons. The van der Waals surface area contributed by atoms with Crippen molar-refractivity contribution >= 4 is 33.2 Å². The summed E-state index contributed by atoms with van der Waals surface area (Å²) < 4.78 is 36.5. The molecule has 0 saturated carbocycles. The van der Waals surface area contributed by atoms with Gasteiger partial charge in [-0.3, -0.25) is 0 Å². The molecule has 7 heteroatoms. The van der Waals surface area contributed by atoms with Crippen LogP contribution >= 0.6 is 22.9 Å². The first-order chi connectivity index (χ1) is 8.47. The second-order valence-electron chi connectivity index (χ2n) is 3.28. The Hall–Kier alpha value is -1.40. The van der Waals surface area contributed by atoms with Crippen molar-refractivity contribution in [1.29, 1.82) is 0 Å². The summed E-state index contributed by atoms with van der Waals surface area (Å²) in [6.45, 7) is 0. The van der Waals surface area contributed by atoms with Crippen molar-refractivity contribution in [1.82, 2.24) is 4.98 Å². The highest BCUT2D eigenvalue weighted by molar-refractivity contribution is 7.13. The lowest BCUT2D eigenvalue weighted by atomic mass is 10.2. The number of rotatable bonds is 2. The van der Waals surface area contributed by atoms with Gasteiger partial charge < -0.3 is 0 Å². The average molecular weight is 291 g/mol. The van der Waals surface area contributed by atoms with Crippen LogP contribution in [0.3, 0.4) is 0 Å². The van der Waals surface area contributed by atoms with Crippen LogP contribution in [0.1, 0.15) is 0 Å². The summed E-state index contributed by atoms with van der Waals surface area (Å²) in [7, 11) is 0. The van der Waals surface area contributed by atoms with E-state index in [4.69, 9.17) is 11.6 Å². The maximum Gasteiger partial charge on any atom is 0.444 e. The lowest BCUT2D eigenvalue weighted by Gasteiger charge is -2.00. The van der Waals surface area contributed by atoms with Crippen LogP contribution in [-0.4, -0.2) is 16.3 Å². The molecule has 0 unspecified atom stereocenters. The first-order valence-corrected chi connectivity index (χ1v) is 6.05. The molecule has 18 heavy (non-hydrogen) atoms. The van der Waals surface area contributed by atoms with Crippen molar-refractivity contribution < 1.29 is 13.2 Å². The quantitative estimate of drug-likeness (QED) is 0.740. The number of benzene rings is 1. The van der Waals surface area contributed by atoms with Gasteiger partial charge in [0, 0.05) is 10.9 Å². The van der Waals surface area contributed by atoms with Gasteiger partial charge in [-0.05, 0) is 0 Å². The van der Waals surface area contributed by atoms with Crippen LogP contribution < -0.4 is 0 Å². The van der Waals surface area contributed by atoms with Crippen LogP contribution in [0.4, 0.5) is 18.3 Å². The van der Waals surface area contributed by atoms with Gasteiger partial charge in [0.15, 0.2) is 0 Å². The lowest BCUT2D eigenvalue weighted by Crippen LogP contribution is -2.16. The Morgan fingerprint density at radius 2 is 1.89 bits per heavy atom. The fourth-order valence-corrected chi connectivity index (χ4v) is 2.04. The van der Waals surface area contributed by atoms with Crippen LogP contribution in [0.15, 0.2) is 40.7 Å². The van der Waals surface area contributed by atoms with Crippen molar-refractivity contribution in [2.75, 3.05) is 0 Å². The van der Waals surface area contributed by atoms with E-state index in [0.717, 1.165) is 16.9 Å². The Bertz CT molecular complexity index is 563. The minimum atomic E-state index is -4.64. The van der Waals surface area contributed by atoms with E-state index >= 15 is 0 Å². The molecule has 0 N–H and O–H groups in total. The predicted octanol–water partition coefficient (Wildman–Crippen LogP) is 4.64. The van der Waals surface area contributed by atoms with Crippen molar-refractivity contribution in [2.24, 2.45) is 4.99 Å². The number of thiazole rings is 1. The Labute approximate surface area is 110 Å². The fraction of sp³-hybridized carbons (Fsp3) is 0.0909. The smallest absolute Gasteiger partial charge is 0.218 e. The number of nitrogens with zero attached hydrogens (tertiary/aromatic N) is 2. The highest BCUT2D eigenvalue weighted by atomic mass is 35.5. The van der Waals surface area contributed by atoms with E-state index in [0.29, 0.717) is 5.69 Å². The summed E-state index contributed by atoms with van der Waals surface area (Å²) in [5.74, 6) is 0. The Morgan fingerprint density at radius 1 is 1.22 bits per heavy atom. The normalized spacial score (nSPS) is 12.8. The highest BCUT2D eigenvalue weighted by Gasteiger charge is 2.34. The third-order valence-electron chi connectivity index (χ3n) is 1.99. The molecular weight excluding hydrogens is 285 g/mol. The maximum atomic E-state index is 12.2.